The van der Waals surface area contributed by atoms with Crippen molar-refractivity contribution in [3.63, 3.8) is 0 Å². The second-order valence-corrected chi connectivity index (χ2v) is 6.52. The van der Waals surface area contributed by atoms with E-state index in [9.17, 15) is 4.79 Å². The van der Waals surface area contributed by atoms with Gasteiger partial charge in [-0.2, -0.15) is 0 Å². The average Bonchev–Trinajstić information content (AvgIpc) is 2.49. The van der Waals surface area contributed by atoms with E-state index in [0.29, 0.717) is 12.5 Å². The molecule has 104 valence electrons. The minimum atomic E-state index is -0.462. The van der Waals surface area contributed by atoms with Crippen LogP contribution >= 0.6 is 0 Å². The van der Waals surface area contributed by atoms with E-state index in [2.05, 4.69) is 17.3 Å². The molecular formula is C13H24N2O3. The minimum absolute atomic E-state index is 0.269. The summed E-state index contributed by atoms with van der Waals surface area (Å²) in [6, 6.07) is 0. The quantitative estimate of drug-likeness (QED) is 0.766. The molecule has 2 aliphatic rings. The van der Waals surface area contributed by atoms with E-state index in [1.54, 1.807) is 0 Å². The monoisotopic (exact) mass is 256 g/mol. The molecule has 0 aromatic carbocycles. The largest absolute Gasteiger partial charge is 0.444 e. The summed E-state index contributed by atoms with van der Waals surface area (Å²) in [6.07, 6.45) is 0.661. The Morgan fingerprint density at radius 1 is 1.50 bits per heavy atom. The normalized spacial score (nSPS) is 33.0. The zero-order chi connectivity index (χ0) is 13.4. The Hall–Kier alpha value is -0.810. The van der Waals surface area contributed by atoms with E-state index in [-0.39, 0.29) is 11.6 Å². The van der Waals surface area contributed by atoms with Crippen molar-refractivity contribution in [2.75, 3.05) is 33.4 Å². The lowest BCUT2D eigenvalue weighted by molar-refractivity contribution is -0.00942. The number of fused-ring (bicyclic) bond motifs is 1. The Labute approximate surface area is 109 Å². The van der Waals surface area contributed by atoms with Gasteiger partial charge in [-0.3, -0.25) is 0 Å². The summed E-state index contributed by atoms with van der Waals surface area (Å²) in [5, 5.41) is 3.05. The summed E-state index contributed by atoms with van der Waals surface area (Å²) in [4.78, 5) is 14.2. The zero-order valence-electron chi connectivity index (χ0n) is 11.8. The fourth-order valence-corrected chi connectivity index (χ4v) is 2.92. The number of amides is 1. The molecule has 5 heteroatoms. The Morgan fingerprint density at radius 3 is 2.89 bits per heavy atom. The number of likely N-dealkylation sites (N-methyl/N-ethyl adjacent to an activating group) is 1. The Bertz CT molecular complexity index is 327. The highest BCUT2D eigenvalue weighted by Crippen LogP contribution is 2.33. The second-order valence-electron chi connectivity index (χ2n) is 6.52. The number of nitrogens with one attached hydrogen (secondary N) is 1. The third-order valence-electron chi connectivity index (χ3n) is 3.59. The third-order valence-corrected chi connectivity index (χ3v) is 3.59. The van der Waals surface area contributed by atoms with Gasteiger partial charge in [0.25, 0.3) is 0 Å². The molecule has 2 rings (SSSR count). The fourth-order valence-electron chi connectivity index (χ4n) is 2.92. The summed E-state index contributed by atoms with van der Waals surface area (Å²) < 4.78 is 10.9. The van der Waals surface area contributed by atoms with Crippen molar-refractivity contribution in [1.82, 2.24) is 10.2 Å². The molecule has 0 aliphatic carbocycles. The van der Waals surface area contributed by atoms with Crippen LogP contribution in [0.1, 0.15) is 27.2 Å². The molecule has 0 radical (unpaired) electrons. The lowest BCUT2D eigenvalue weighted by atomic mass is 9.84. The van der Waals surface area contributed by atoms with Gasteiger partial charge in [-0.25, -0.2) is 4.79 Å². The maximum Gasteiger partial charge on any atom is 0.408 e. The van der Waals surface area contributed by atoms with Crippen LogP contribution in [0.15, 0.2) is 0 Å². The number of carbonyl (C=O) groups is 1. The number of nitrogens with zero attached hydrogens (tertiary/aromatic N) is 1. The van der Waals surface area contributed by atoms with Crippen LogP contribution in [-0.2, 0) is 9.47 Å². The van der Waals surface area contributed by atoms with E-state index in [0.717, 1.165) is 26.1 Å². The molecule has 1 N–H and O–H groups in total. The number of ether oxygens (including phenoxy) is 2. The Balaban J connectivity index is 2.03. The lowest BCUT2D eigenvalue weighted by Gasteiger charge is -2.39. The Morgan fingerprint density at radius 2 is 2.22 bits per heavy atom. The van der Waals surface area contributed by atoms with E-state index in [1.807, 2.05) is 20.8 Å². The summed E-state index contributed by atoms with van der Waals surface area (Å²) >= 11 is 0. The predicted octanol–water partition coefficient (Wildman–Crippen LogP) is 1.23. The maximum atomic E-state index is 12.0. The first-order chi connectivity index (χ1) is 8.31. The number of rotatable bonds is 1. The molecule has 2 heterocycles. The van der Waals surface area contributed by atoms with Crippen molar-refractivity contribution in [2.24, 2.45) is 5.92 Å². The van der Waals surface area contributed by atoms with Gasteiger partial charge in [-0.05, 0) is 34.2 Å². The maximum absolute atomic E-state index is 12.0. The van der Waals surface area contributed by atoms with Crippen LogP contribution in [0, 0.1) is 5.92 Å². The molecule has 0 spiro atoms. The highest BCUT2D eigenvalue weighted by molar-refractivity contribution is 5.69. The van der Waals surface area contributed by atoms with Crippen molar-refractivity contribution in [2.45, 2.75) is 38.3 Å². The van der Waals surface area contributed by atoms with E-state index < -0.39 is 5.60 Å². The smallest absolute Gasteiger partial charge is 0.408 e. The first-order valence-electron chi connectivity index (χ1n) is 6.58. The summed E-state index contributed by atoms with van der Waals surface area (Å²) in [5.41, 5.74) is -0.731. The van der Waals surface area contributed by atoms with Crippen molar-refractivity contribution in [1.29, 1.82) is 0 Å². The number of carbonyl (C=O) groups excluding carboxylic acids is 1. The number of alkyl carbamates (subject to hydrolysis) is 1. The van der Waals surface area contributed by atoms with Crippen molar-refractivity contribution < 1.29 is 14.3 Å². The van der Waals surface area contributed by atoms with Gasteiger partial charge in [0.05, 0.1) is 12.1 Å². The topological polar surface area (TPSA) is 50.8 Å². The van der Waals surface area contributed by atoms with Gasteiger partial charge in [0.15, 0.2) is 0 Å². The van der Waals surface area contributed by atoms with Gasteiger partial charge in [-0.15, -0.1) is 0 Å². The lowest BCUT2D eigenvalue weighted by Crippen LogP contribution is -2.60. The van der Waals surface area contributed by atoms with Crippen LogP contribution in [0.5, 0.6) is 0 Å². The van der Waals surface area contributed by atoms with E-state index >= 15 is 0 Å². The minimum Gasteiger partial charge on any atom is -0.444 e. The standard InChI is InChI=1S/C13H24N2O3/c1-12(2,3)18-11(16)14-13-8-15(4)7-10(13)5-6-17-9-13/h10H,5-9H2,1-4H3,(H,14,16)/t10-,13-/m0/s1. The predicted molar refractivity (Wildman–Crippen MR) is 68.5 cm³/mol. The second kappa shape index (κ2) is 4.70. The molecule has 2 atom stereocenters. The van der Waals surface area contributed by atoms with Crippen molar-refractivity contribution in [3.8, 4) is 0 Å². The van der Waals surface area contributed by atoms with Crippen LogP contribution in [0.2, 0.25) is 0 Å². The molecule has 5 nitrogen and oxygen atoms in total. The highest BCUT2D eigenvalue weighted by atomic mass is 16.6. The summed E-state index contributed by atoms with van der Waals surface area (Å²) in [6.45, 7) is 8.84. The number of likely N-dealkylation sites (tertiary alicyclic amines) is 1. The molecule has 1 amide bonds. The van der Waals surface area contributed by atoms with Crippen LogP contribution < -0.4 is 5.32 Å². The highest BCUT2D eigenvalue weighted by Gasteiger charge is 2.49. The molecule has 2 aliphatic heterocycles. The van der Waals surface area contributed by atoms with Gasteiger partial charge >= 0.3 is 6.09 Å². The molecule has 2 saturated heterocycles. The molecule has 0 aromatic heterocycles. The molecule has 2 fully saturated rings. The molecular weight excluding hydrogens is 232 g/mol. The third kappa shape index (κ3) is 2.95. The molecule has 0 bridgehead atoms. The van der Waals surface area contributed by atoms with Gasteiger partial charge in [0.1, 0.15) is 5.60 Å². The number of hydrogen-bond acceptors (Lipinski definition) is 4. The first-order valence-corrected chi connectivity index (χ1v) is 6.58. The molecule has 0 unspecified atom stereocenters. The van der Waals surface area contributed by atoms with E-state index in [1.165, 1.54) is 0 Å². The number of hydrogen-bond donors (Lipinski definition) is 1. The van der Waals surface area contributed by atoms with Crippen LogP contribution in [0.3, 0.4) is 0 Å². The first kappa shape index (κ1) is 13.6. The van der Waals surface area contributed by atoms with Gasteiger partial charge in [-0.1, -0.05) is 0 Å². The molecule has 18 heavy (non-hydrogen) atoms. The van der Waals surface area contributed by atoms with Gasteiger partial charge in [0, 0.05) is 25.6 Å². The summed E-state index contributed by atoms with van der Waals surface area (Å²) in [5.74, 6) is 0.462. The zero-order valence-corrected chi connectivity index (χ0v) is 11.8. The van der Waals surface area contributed by atoms with Crippen LogP contribution in [0.4, 0.5) is 4.79 Å². The molecule has 0 aromatic rings. The van der Waals surface area contributed by atoms with Gasteiger partial charge in [0.2, 0.25) is 0 Å². The average molecular weight is 256 g/mol. The van der Waals surface area contributed by atoms with Crippen LogP contribution in [0.25, 0.3) is 0 Å². The van der Waals surface area contributed by atoms with E-state index in [4.69, 9.17) is 9.47 Å². The summed E-state index contributed by atoms with van der Waals surface area (Å²) in [7, 11) is 2.08. The fraction of sp³-hybridized carbons (Fsp3) is 0.923. The van der Waals surface area contributed by atoms with Crippen molar-refractivity contribution in [3.05, 3.63) is 0 Å². The van der Waals surface area contributed by atoms with Gasteiger partial charge < -0.3 is 19.7 Å². The molecule has 0 saturated carbocycles. The van der Waals surface area contributed by atoms with Crippen molar-refractivity contribution >= 4 is 6.09 Å². The Kier molecular flexibility index (Phi) is 3.56. The SMILES string of the molecule is CN1C[C@@H]2CCOC[C@@]2(NC(=O)OC(C)(C)C)C1. The van der Waals surface area contributed by atoms with Crippen LogP contribution in [-0.4, -0.2) is 55.5 Å².